The number of hydrogen-bond donors (Lipinski definition) is 0. The Morgan fingerprint density at radius 2 is 1.33 bits per heavy atom. The maximum absolute atomic E-state index is 6.34. The normalized spacial score (nSPS) is 12.3. The average Bonchev–Trinajstić information content (AvgIpc) is 2.62. The Hall–Kier alpha value is -1.80. The van der Waals surface area contributed by atoms with Crippen molar-refractivity contribution in [3.8, 4) is 16.9 Å². The van der Waals surface area contributed by atoms with Gasteiger partial charge in [0.1, 0.15) is 5.75 Å². The summed E-state index contributed by atoms with van der Waals surface area (Å²) in [6.07, 6.45) is 4.71. The molecule has 0 amide bonds. The van der Waals surface area contributed by atoms with Gasteiger partial charge in [0.05, 0.1) is 0 Å². The average molecular weight is 325 g/mol. The first kappa shape index (κ1) is 18.5. The first-order valence-corrected chi connectivity index (χ1v) is 9.34. The minimum Gasteiger partial charge on any atom is -0.475 e. The topological polar surface area (TPSA) is 12.5 Å². The highest BCUT2D eigenvalue weighted by molar-refractivity contribution is 5.63. The van der Waals surface area contributed by atoms with E-state index in [0.717, 1.165) is 44.5 Å². The van der Waals surface area contributed by atoms with E-state index in [4.69, 9.17) is 4.74 Å². The second-order valence-corrected chi connectivity index (χ2v) is 6.29. The van der Waals surface area contributed by atoms with Crippen molar-refractivity contribution in [3.05, 3.63) is 54.6 Å². The Morgan fingerprint density at radius 3 is 1.88 bits per heavy atom. The largest absolute Gasteiger partial charge is 0.475 e. The van der Waals surface area contributed by atoms with Crippen molar-refractivity contribution in [2.75, 3.05) is 13.1 Å². The monoisotopic (exact) mass is 325 g/mol. The Balaban J connectivity index is 2.08. The van der Waals surface area contributed by atoms with Crippen LogP contribution in [-0.2, 0) is 0 Å². The summed E-state index contributed by atoms with van der Waals surface area (Å²) in [7, 11) is 0. The zero-order valence-electron chi connectivity index (χ0n) is 15.4. The first-order valence-electron chi connectivity index (χ1n) is 9.34. The molecule has 0 aromatic heterocycles. The Bertz CT molecular complexity index is 558. The van der Waals surface area contributed by atoms with E-state index in [1.54, 1.807) is 0 Å². The van der Waals surface area contributed by atoms with Crippen LogP contribution < -0.4 is 4.74 Å². The Kier molecular flexibility index (Phi) is 7.84. The van der Waals surface area contributed by atoms with Gasteiger partial charge in [-0.05, 0) is 42.5 Å². The summed E-state index contributed by atoms with van der Waals surface area (Å²) in [6, 6.07) is 19.0. The molecule has 0 bridgehead atoms. The fourth-order valence-corrected chi connectivity index (χ4v) is 3.05. The fourth-order valence-electron chi connectivity index (χ4n) is 3.05. The molecule has 2 aromatic carbocycles. The van der Waals surface area contributed by atoms with E-state index in [1.165, 1.54) is 11.1 Å². The van der Waals surface area contributed by atoms with Gasteiger partial charge in [0.25, 0.3) is 0 Å². The van der Waals surface area contributed by atoms with Crippen LogP contribution in [0.15, 0.2) is 54.6 Å². The fraction of sp³-hybridized carbons (Fsp3) is 0.455. The summed E-state index contributed by atoms with van der Waals surface area (Å²) in [6.45, 7) is 8.90. The third kappa shape index (κ3) is 5.38. The predicted octanol–water partition coefficient (Wildman–Crippen LogP) is 5.98. The Labute approximate surface area is 147 Å². The molecule has 0 aliphatic rings. The zero-order chi connectivity index (χ0) is 17.2. The molecule has 1 atom stereocenters. The molecule has 24 heavy (non-hydrogen) atoms. The Morgan fingerprint density at radius 1 is 0.750 bits per heavy atom. The predicted molar refractivity (Wildman–Crippen MR) is 103 cm³/mol. The summed E-state index contributed by atoms with van der Waals surface area (Å²) >= 11 is 0. The molecule has 0 aliphatic heterocycles. The van der Waals surface area contributed by atoms with Gasteiger partial charge in [0.15, 0.2) is 6.23 Å². The lowest BCUT2D eigenvalue weighted by molar-refractivity contribution is 0.0180. The van der Waals surface area contributed by atoms with Crippen LogP contribution in [0.25, 0.3) is 11.1 Å². The molecule has 2 nitrogen and oxygen atoms in total. The standard InChI is InChI=1S/C22H31NO/c1-4-10-22(23(17-5-2)18-6-3)24-21-15-13-20(14-16-21)19-11-8-7-9-12-19/h7-9,11-16,22H,4-6,10,17-18H2,1-3H3. The van der Waals surface area contributed by atoms with Crippen molar-refractivity contribution < 1.29 is 4.74 Å². The smallest absolute Gasteiger partial charge is 0.152 e. The summed E-state index contributed by atoms with van der Waals surface area (Å²) in [5.41, 5.74) is 2.47. The van der Waals surface area contributed by atoms with E-state index in [0.29, 0.717) is 0 Å². The molecule has 0 radical (unpaired) electrons. The quantitative estimate of drug-likeness (QED) is 0.498. The van der Waals surface area contributed by atoms with Crippen LogP contribution in [-0.4, -0.2) is 24.2 Å². The van der Waals surface area contributed by atoms with Gasteiger partial charge in [-0.2, -0.15) is 0 Å². The van der Waals surface area contributed by atoms with Crippen molar-refractivity contribution in [1.82, 2.24) is 4.90 Å². The van der Waals surface area contributed by atoms with Crippen LogP contribution in [0.3, 0.4) is 0 Å². The van der Waals surface area contributed by atoms with Crippen LogP contribution in [0.5, 0.6) is 5.75 Å². The van der Waals surface area contributed by atoms with Gasteiger partial charge in [0.2, 0.25) is 0 Å². The van der Waals surface area contributed by atoms with Gasteiger partial charge in [-0.15, -0.1) is 0 Å². The first-order chi connectivity index (χ1) is 11.8. The van der Waals surface area contributed by atoms with E-state index in [9.17, 15) is 0 Å². The van der Waals surface area contributed by atoms with Crippen molar-refractivity contribution in [3.63, 3.8) is 0 Å². The number of rotatable bonds is 10. The SMILES string of the molecule is CCCC(Oc1ccc(-c2ccccc2)cc1)N(CCC)CCC. The van der Waals surface area contributed by atoms with Gasteiger partial charge in [-0.3, -0.25) is 4.90 Å². The van der Waals surface area contributed by atoms with Crippen LogP contribution in [0.1, 0.15) is 46.5 Å². The number of hydrogen-bond acceptors (Lipinski definition) is 2. The van der Waals surface area contributed by atoms with Gasteiger partial charge < -0.3 is 4.74 Å². The molecular weight excluding hydrogens is 294 g/mol. The van der Waals surface area contributed by atoms with Crippen molar-refractivity contribution >= 4 is 0 Å². The van der Waals surface area contributed by atoms with Gasteiger partial charge >= 0.3 is 0 Å². The lowest BCUT2D eigenvalue weighted by atomic mass is 10.1. The minimum absolute atomic E-state index is 0.178. The van der Waals surface area contributed by atoms with Crippen LogP contribution in [0, 0.1) is 0 Å². The molecule has 1 unspecified atom stereocenters. The molecule has 2 aromatic rings. The third-order valence-electron chi connectivity index (χ3n) is 4.20. The van der Waals surface area contributed by atoms with Crippen molar-refractivity contribution in [1.29, 1.82) is 0 Å². The second kappa shape index (κ2) is 10.1. The van der Waals surface area contributed by atoms with E-state index >= 15 is 0 Å². The maximum Gasteiger partial charge on any atom is 0.152 e. The highest BCUT2D eigenvalue weighted by atomic mass is 16.5. The minimum atomic E-state index is 0.178. The highest BCUT2D eigenvalue weighted by Gasteiger charge is 2.18. The molecule has 0 saturated heterocycles. The zero-order valence-corrected chi connectivity index (χ0v) is 15.4. The van der Waals surface area contributed by atoms with Gasteiger partial charge in [-0.25, -0.2) is 0 Å². The van der Waals surface area contributed by atoms with E-state index in [-0.39, 0.29) is 6.23 Å². The molecule has 0 fully saturated rings. The molecule has 2 rings (SSSR count). The molecule has 2 heteroatoms. The highest BCUT2D eigenvalue weighted by Crippen LogP contribution is 2.24. The van der Waals surface area contributed by atoms with Gasteiger partial charge in [0, 0.05) is 13.1 Å². The lowest BCUT2D eigenvalue weighted by Crippen LogP contribution is -2.40. The summed E-state index contributed by atoms with van der Waals surface area (Å²) in [5.74, 6) is 0.963. The molecule has 0 spiro atoms. The van der Waals surface area contributed by atoms with Crippen molar-refractivity contribution in [2.24, 2.45) is 0 Å². The molecule has 0 heterocycles. The van der Waals surface area contributed by atoms with Crippen molar-refractivity contribution in [2.45, 2.75) is 52.7 Å². The van der Waals surface area contributed by atoms with Crippen LogP contribution >= 0.6 is 0 Å². The third-order valence-corrected chi connectivity index (χ3v) is 4.20. The number of ether oxygens (including phenoxy) is 1. The van der Waals surface area contributed by atoms with E-state index < -0.39 is 0 Å². The molecular formula is C22H31NO. The summed E-state index contributed by atoms with van der Waals surface area (Å²) in [4.78, 5) is 2.48. The number of nitrogens with zero attached hydrogens (tertiary/aromatic N) is 1. The van der Waals surface area contributed by atoms with Gasteiger partial charge in [-0.1, -0.05) is 69.7 Å². The molecule has 0 aliphatic carbocycles. The second-order valence-electron chi connectivity index (χ2n) is 6.29. The van der Waals surface area contributed by atoms with Crippen LogP contribution in [0.4, 0.5) is 0 Å². The van der Waals surface area contributed by atoms with E-state index in [2.05, 4.69) is 74.2 Å². The molecule has 0 saturated carbocycles. The lowest BCUT2D eigenvalue weighted by Gasteiger charge is -2.31. The molecule has 0 N–H and O–H groups in total. The maximum atomic E-state index is 6.34. The van der Waals surface area contributed by atoms with Crippen LogP contribution in [0.2, 0.25) is 0 Å². The summed E-state index contributed by atoms with van der Waals surface area (Å²) in [5, 5.41) is 0. The van der Waals surface area contributed by atoms with E-state index in [1.807, 2.05) is 6.07 Å². The number of benzene rings is 2. The molecule has 130 valence electrons. The summed E-state index contributed by atoms with van der Waals surface area (Å²) < 4.78 is 6.34.